The molecule has 0 saturated carbocycles. The van der Waals surface area contributed by atoms with Crippen molar-refractivity contribution < 1.29 is 26.7 Å². The van der Waals surface area contributed by atoms with Crippen LogP contribution in [0.4, 0.5) is 13.2 Å². The normalized spacial score (nSPS) is 20.8. The molecule has 2 aromatic heterocycles. The third kappa shape index (κ3) is 6.01. The molecule has 6 rings (SSSR count). The van der Waals surface area contributed by atoms with Gasteiger partial charge >= 0.3 is 11.9 Å². The van der Waals surface area contributed by atoms with E-state index in [2.05, 4.69) is 15.4 Å². The van der Waals surface area contributed by atoms with E-state index >= 15 is 0 Å². The number of nitrogens with one attached hydrogen (secondary N) is 2. The van der Waals surface area contributed by atoms with Crippen LogP contribution in [-0.2, 0) is 35.7 Å². The van der Waals surface area contributed by atoms with Crippen molar-refractivity contribution in [2.24, 2.45) is 0 Å². The van der Waals surface area contributed by atoms with Gasteiger partial charge in [0.1, 0.15) is 0 Å². The van der Waals surface area contributed by atoms with Crippen LogP contribution in [0.1, 0.15) is 42.1 Å². The Labute approximate surface area is 246 Å². The van der Waals surface area contributed by atoms with E-state index in [4.69, 9.17) is 0 Å². The summed E-state index contributed by atoms with van der Waals surface area (Å²) in [6, 6.07) is 12.1. The molecule has 4 heterocycles. The number of aliphatic hydroxyl groups is 1. The molecule has 1 saturated heterocycles. The van der Waals surface area contributed by atoms with E-state index in [0.29, 0.717) is 42.6 Å². The second-order valence-electron chi connectivity index (χ2n) is 11.4. The number of aromatic amines is 1. The number of rotatable bonds is 7. The summed E-state index contributed by atoms with van der Waals surface area (Å²) in [6.45, 7) is 1.11. The largest absolute Gasteiger partial charge is 0.416 e. The second kappa shape index (κ2) is 11.2. The number of piperidine rings is 1. The SMILES string of the molecule is CS(=O)(=O)N1CCc2c(c(-c3ccc(C(F)(F)F)cc3)nn2CC(O)CC2CC(n3c(=O)[nH]c4ccccc43)CCN2)C1. The Hall–Kier alpha value is -3.46. The summed E-state index contributed by atoms with van der Waals surface area (Å²) >= 11 is 0. The number of nitrogens with zero attached hydrogens (tertiary/aromatic N) is 4. The number of imidazole rings is 1. The minimum absolute atomic E-state index is 0.0344. The molecule has 0 aliphatic carbocycles. The summed E-state index contributed by atoms with van der Waals surface area (Å²) in [5, 5.41) is 19.3. The molecule has 3 atom stereocenters. The van der Waals surface area contributed by atoms with Crippen LogP contribution in [0.3, 0.4) is 0 Å². The van der Waals surface area contributed by atoms with Gasteiger partial charge in [0.25, 0.3) is 0 Å². The lowest BCUT2D eigenvalue weighted by molar-refractivity contribution is -0.137. The molecule has 10 nitrogen and oxygen atoms in total. The Morgan fingerprint density at radius 1 is 1.14 bits per heavy atom. The van der Waals surface area contributed by atoms with Gasteiger partial charge in [-0.15, -0.1) is 0 Å². The molecule has 2 aromatic carbocycles. The number of H-pyrrole nitrogens is 1. The number of halogens is 3. The molecule has 0 bridgehead atoms. The molecule has 3 unspecified atom stereocenters. The van der Waals surface area contributed by atoms with Crippen LogP contribution >= 0.6 is 0 Å². The van der Waals surface area contributed by atoms with E-state index in [9.17, 15) is 31.5 Å². The highest BCUT2D eigenvalue weighted by molar-refractivity contribution is 7.88. The lowest BCUT2D eigenvalue weighted by atomic mass is 9.94. The molecule has 43 heavy (non-hydrogen) atoms. The highest BCUT2D eigenvalue weighted by atomic mass is 32.2. The van der Waals surface area contributed by atoms with Crippen molar-refractivity contribution in [1.29, 1.82) is 0 Å². The van der Waals surface area contributed by atoms with Gasteiger partial charge in [-0.25, -0.2) is 13.2 Å². The highest BCUT2D eigenvalue weighted by Crippen LogP contribution is 2.35. The van der Waals surface area contributed by atoms with Crippen LogP contribution < -0.4 is 11.0 Å². The maximum Gasteiger partial charge on any atom is 0.416 e. The molecule has 2 aliphatic rings. The van der Waals surface area contributed by atoms with E-state index in [1.54, 1.807) is 9.25 Å². The molecule has 0 radical (unpaired) electrons. The highest BCUT2D eigenvalue weighted by Gasteiger charge is 2.33. The van der Waals surface area contributed by atoms with Crippen LogP contribution in [0.15, 0.2) is 53.3 Å². The molecule has 2 aliphatic heterocycles. The molecule has 0 amide bonds. The zero-order valence-corrected chi connectivity index (χ0v) is 24.3. The molecular formula is C29H33F3N6O4S. The van der Waals surface area contributed by atoms with Gasteiger partial charge in [0.05, 0.1) is 41.2 Å². The fourth-order valence-corrected chi connectivity index (χ4v) is 7.17. The molecule has 3 N–H and O–H groups in total. The molecule has 4 aromatic rings. The quantitative estimate of drug-likeness (QED) is 0.292. The van der Waals surface area contributed by atoms with Gasteiger partial charge in [-0.3, -0.25) is 9.25 Å². The number of benzene rings is 2. The number of aromatic nitrogens is 4. The standard InChI is InChI=1S/C29H33F3N6O4S/c1-43(41,42)36-13-11-25-23(17-36)27(18-6-8-19(9-7-18)29(30,31)32)35-37(25)16-22(39)15-20-14-21(10-12-33-20)38-26-5-3-2-4-24(26)34-28(38)40/h2-9,20-22,33,39H,10-17H2,1H3,(H,34,40). The van der Waals surface area contributed by atoms with Gasteiger partial charge in [-0.05, 0) is 50.1 Å². The van der Waals surface area contributed by atoms with Crippen LogP contribution in [0.5, 0.6) is 0 Å². The Morgan fingerprint density at radius 2 is 1.88 bits per heavy atom. The van der Waals surface area contributed by atoms with Crippen LogP contribution in [0.2, 0.25) is 0 Å². The minimum atomic E-state index is -4.48. The first-order valence-corrected chi connectivity index (χ1v) is 16.1. The van der Waals surface area contributed by atoms with Crippen molar-refractivity contribution in [1.82, 2.24) is 29.0 Å². The van der Waals surface area contributed by atoms with Crippen molar-refractivity contribution >= 4 is 21.1 Å². The van der Waals surface area contributed by atoms with Crippen molar-refractivity contribution in [3.05, 3.63) is 75.8 Å². The summed E-state index contributed by atoms with van der Waals surface area (Å²) in [5.41, 5.74) is 2.91. The summed E-state index contributed by atoms with van der Waals surface area (Å²) in [7, 11) is -3.50. The van der Waals surface area contributed by atoms with Gasteiger partial charge < -0.3 is 15.4 Å². The van der Waals surface area contributed by atoms with E-state index in [1.807, 2.05) is 24.3 Å². The molecule has 1 fully saturated rings. The fourth-order valence-electron chi connectivity index (χ4n) is 6.39. The van der Waals surface area contributed by atoms with Gasteiger partial charge in [0, 0.05) is 48.4 Å². The zero-order chi connectivity index (χ0) is 30.5. The number of fused-ring (bicyclic) bond motifs is 2. The zero-order valence-electron chi connectivity index (χ0n) is 23.5. The van der Waals surface area contributed by atoms with Crippen LogP contribution in [-0.4, -0.2) is 68.7 Å². The summed E-state index contributed by atoms with van der Waals surface area (Å²) in [6.07, 6.45) is -2.00. The van der Waals surface area contributed by atoms with E-state index in [1.165, 1.54) is 16.4 Å². The Morgan fingerprint density at radius 3 is 2.60 bits per heavy atom. The van der Waals surface area contributed by atoms with Gasteiger partial charge in [-0.2, -0.15) is 22.6 Å². The molecule has 14 heteroatoms. The Bertz CT molecular complexity index is 1800. The van der Waals surface area contributed by atoms with Gasteiger partial charge in [0.2, 0.25) is 10.0 Å². The molecule has 230 valence electrons. The van der Waals surface area contributed by atoms with Crippen molar-refractivity contribution in [2.75, 3.05) is 19.3 Å². The van der Waals surface area contributed by atoms with Gasteiger partial charge in [0.15, 0.2) is 0 Å². The number of alkyl halides is 3. The predicted molar refractivity (Wildman–Crippen MR) is 155 cm³/mol. The topological polar surface area (TPSA) is 125 Å². The van der Waals surface area contributed by atoms with E-state index < -0.39 is 27.9 Å². The average molecular weight is 619 g/mol. The first kappa shape index (κ1) is 29.6. The Balaban J connectivity index is 1.22. The Kier molecular flexibility index (Phi) is 7.73. The second-order valence-corrected chi connectivity index (χ2v) is 13.4. The van der Waals surface area contributed by atoms with E-state index in [-0.39, 0.29) is 37.4 Å². The van der Waals surface area contributed by atoms with Gasteiger partial charge in [-0.1, -0.05) is 24.3 Å². The first-order chi connectivity index (χ1) is 20.4. The van der Waals surface area contributed by atoms with Crippen molar-refractivity contribution in [3.8, 4) is 11.3 Å². The third-order valence-electron chi connectivity index (χ3n) is 8.45. The van der Waals surface area contributed by atoms with E-state index in [0.717, 1.165) is 41.5 Å². The maximum absolute atomic E-state index is 13.2. The van der Waals surface area contributed by atoms with Crippen LogP contribution in [0, 0.1) is 0 Å². The molecule has 0 spiro atoms. The third-order valence-corrected chi connectivity index (χ3v) is 9.70. The summed E-state index contributed by atoms with van der Waals surface area (Å²) in [5.74, 6) is 0. The number of sulfonamides is 1. The lowest BCUT2D eigenvalue weighted by Crippen LogP contribution is -2.43. The average Bonchev–Trinajstić information content (AvgIpc) is 3.48. The smallest absolute Gasteiger partial charge is 0.391 e. The monoisotopic (exact) mass is 618 g/mol. The first-order valence-electron chi connectivity index (χ1n) is 14.2. The van der Waals surface area contributed by atoms with Crippen molar-refractivity contribution in [3.63, 3.8) is 0 Å². The number of para-hydroxylation sites is 2. The number of hydrogen-bond acceptors (Lipinski definition) is 6. The maximum atomic E-state index is 13.2. The lowest BCUT2D eigenvalue weighted by Gasteiger charge is -2.32. The fraction of sp³-hybridized carbons (Fsp3) is 0.448. The summed E-state index contributed by atoms with van der Waals surface area (Å²) < 4.78 is 68.9. The number of hydrogen-bond donors (Lipinski definition) is 3. The van der Waals surface area contributed by atoms with Crippen LogP contribution in [0.25, 0.3) is 22.3 Å². The number of aliphatic hydroxyl groups excluding tert-OH is 1. The predicted octanol–water partition coefficient (Wildman–Crippen LogP) is 3.27. The minimum Gasteiger partial charge on any atom is -0.391 e. The summed E-state index contributed by atoms with van der Waals surface area (Å²) in [4.78, 5) is 15.7. The van der Waals surface area contributed by atoms with Crippen molar-refractivity contribution in [2.45, 2.75) is 63.1 Å². The molecular weight excluding hydrogens is 585 g/mol.